The molecular formula is C35H34ClNO14. The molecule has 1 fully saturated rings. The number of carbonyl (C=O) groups is 2. The molecule has 0 saturated carbocycles. The van der Waals surface area contributed by atoms with Gasteiger partial charge in [0.1, 0.15) is 53.0 Å². The monoisotopic (exact) mass is 727 g/mol. The van der Waals surface area contributed by atoms with Gasteiger partial charge in [0, 0.05) is 41.1 Å². The number of pyridine rings is 1. The van der Waals surface area contributed by atoms with E-state index >= 15 is 0 Å². The average Bonchev–Trinajstić information content (AvgIpc) is 3.10. The minimum absolute atomic E-state index is 0.0323. The third kappa shape index (κ3) is 4.91. The predicted octanol–water partition coefficient (Wildman–Crippen LogP) is 1.42. The van der Waals surface area contributed by atoms with Gasteiger partial charge in [0.05, 0.1) is 35.5 Å². The zero-order valence-corrected chi connectivity index (χ0v) is 28.4. The number of nitrogens with zero attached hydrogens (tertiary/aromatic N) is 1. The fourth-order valence-corrected chi connectivity index (χ4v) is 7.85. The number of rotatable bonds is 5. The minimum Gasteiger partial charge on any atom is -0.506 e. The van der Waals surface area contributed by atoms with Crippen molar-refractivity contribution in [2.75, 3.05) is 7.11 Å². The number of aromatic nitrogens is 1. The molecule has 0 spiro atoms. The van der Waals surface area contributed by atoms with Gasteiger partial charge >= 0.3 is 0 Å². The Morgan fingerprint density at radius 3 is 2.33 bits per heavy atom. The van der Waals surface area contributed by atoms with Crippen LogP contribution in [0.1, 0.15) is 87.8 Å². The number of phenolic OH excluding ortho intramolecular Hbond substituents is 1. The van der Waals surface area contributed by atoms with Gasteiger partial charge < -0.3 is 53.8 Å². The van der Waals surface area contributed by atoms with Gasteiger partial charge in [-0.05, 0) is 25.5 Å². The molecule has 3 aliphatic rings. The molecule has 0 bridgehead atoms. The lowest BCUT2D eigenvalue weighted by atomic mass is 9.80. The summed E-state index contributed by atoms with van der Waals surface area (Å²) in [7, 11) is 2.66. The van der Waals surface area contributed by atoms with E-state index in [1.807, 2.05) is 6.92 Å². The number of methoxy groups -OCH3 is 1. The average molecular weight is 728 g/mol. The zero-order valence-electron chi connectivity index (χ0n) is 27.7. The molecule has 8 atom stereocenters. The van der Waals surface area contributed by atoms with Crippen molar-refractivity contribution in [2.45, 2.75) is 82.1 Å². The van der Waals surface area contributed by atoms with Gasteiger partial charge in [-0.2, -0.15) is 0 Å². The number of aliphatic hydroxyl groups excluding tert-OH is 5. The van der Waals surface area contributed by atoms with Gasteiger partial charge in [-0.1, -0.05) is 24.9 Å². The number of ketones is 2. The molecule has 3 heterocycles. The summed E-state index contributed by atoms with van der Waals surface area (Å²) in [5, 5.41) is 64.2. The maximum absolute atomic E-state index is 14.3. The second-order valence-corrected chi connectivity index (χ2v) is 13.4. The minimum atomic E-state index is -1.84. The number of carbonyl (C=O) groups excluding carboxylic acids is 2. The summed E-state index contributed by atoms with van der Waals surface area (Å²) in [6.45, 7) is 3.29. The molecule has 0 radical (unpaired) electrons. The predicted molar refractivity (Wildman–Crippen MR) is 178 cm³/mol. The van der Waals surface area contributed by atoms with E-state index in [0.717, 1.165) is 0 Å². The van der Waals surface area contributed by atoms with Crippen molar-refractivity contribution in [3.8, 4) is 11.5 Å². The molecule has 2 aliphatic carbocycles. The summed E-state index contributed by atoms with van der Waals surface area (Å²) < 4.78 is 24.0. The van der Waals surface area contributed by atoms with E-state index in [4.69, 9.17) is 30.2 Å². The van der Waals surface area contributed by atoms with Crippen LogP contribution in [-0.2, 0) is 22.9 Å². The Morgan fingerprint density at radius 1 is 0.961 bits per heavy atom. The number of phenols is 1. The van der Waals surface area contributed by atoms with E-state index in [9.17, 15) is 49.8 Å². The normalized spacial score (nSPS) is 27.4. The van der Waals surface area contributed by atoms with Crippen LogP contribution < -0.4 is 15.7 Å². The molecule has 2 aromatic carbocycles. The lowest BCUT2D eigenvalue weighted by Gasteiger charge is -2.42. The van der Waals surface area contributed by atoms with Crippen LogP contribution in [-0.4, -0.2) is 90.7 Å². The standard InChI is InChI=1S/C35H34ClNO14/c1-5-6-13-22(36)18-19(34(47)37(13)3)26(42)16-11(24(18)40)7-8-12-17(16)27(43)21-28(44)20-25(41)15(9-14(38)32(20)51-33(21)31(12)48-4)50-35-30(46)29(45)23(39)10(2)49-35/h7-8,10,14-15,23,25,29-30,35,38-39,41,43,45-46H,5-6,9H2,1-4H3/t10-,14+,15+,23-,25+,29+,30+,35-/m1/s1. The van der Waals surface area contributed by atoms with Gasteiger partial charge in [-0.15, -0.1) is 0 Å². The van der Waals surface area contributed by atoms with E-state index in [1.165, 1.54) is 37.8 Å². The van der Waals surface area contributed by atoms with Crippen LogP contribution in [0, 0.1) is 0 Å². The van der Waals surface area contributed by atoms with Crippen LogP contribution in [0.2, 0.25) is 5.02 Å². The maximum Gasteiger partial charge on any atom is 0.262 e. The summed E-state index contributed by atoms with van der Waals surface area (Å²) in [5.74, 6) is -3.02. The van der Waals surface area contributed by atoms with Crippen molar-refractivity contribution in [1.82, 2.24) is 4.57 Å². The van der Waals surface area contributed by atoms with Crippen molar-refractivity contribution in [3.05, 3.63) is 77.0 Å². The molecule has 0 amide bonds. The molecular weight excluding hydrogens is 694 g/mol. The number of halogens is 1. The molecule has 6 N–H and O–H groups in total. The van der Waals surface area contributed by atoms with Gasteiger partial charge in [-0.25, -0.2) is 0 Å². The highest BCUT2D eigenvalue weighted by molar-refractivity contribution is 6.41. The van der Waals surface area contributed by atoms with Crippen molar-refractivity contribution in [3.63, 3.8) is 0 Å². The summed E-state index contributed by atoms with van der Waals surface area (Å²) in [4.78, 5) is 56.1. The first-order valence-corrected chi connectivity index (χ1v) is 16.6. The Bertz CT molecular complexity index is 2300. The highest BCUT2D eigenvalue weighted by Crippen LogP contribution is 2.48. The first-order chi connectivity index (χ1) is 24.2. The third-order valence-electron chi connectivity index (χ3n) is 10.1. The molecule has 1 saturated heterocycles. The molecule has 15 nitrogen and oxygen atoms in total. The van der Waals surface area contributed by atoms with Gasteiger partial charge in [0.2, 0.25) is 11.2 Å². The Kier molecular flexibility index (Phi) is 8.63. The van der Waals surface area contributed by atoms with Crippen LogP contribution in [0.25, 0.3) is 21.7 Å². The number of aromatic hydroxyl groups is 1. The second kappa shape index (κ2) is 12.5. The Morgan fingerprint density at radius 2 is 1.67 bits per heavy atom. The van der Waals surface area contributed by atoms with Crippen molar-refractivity contribution in [1.29, 1.82) is 0 Å². The number of ether oxygens (including phenoxy) is 3. The summed E-state index contributed by atoms with van der Waals surface area (Å²) >= 11 is 6.64. The molecule has 0 unspecified atom stereocenters. The lowest BCUT2D eigenvalue weighted by molar-refractivity contribution is -0.313. The fourth-order valence-electron chi connectivity index (χ4n) is 7.45. The van der Waals surface area contributed by atoms with E-state index in [2.05, 4.69) is 0 Å². The molecule has 51 heavy (non-hydrogen) atoms. The lowest BCUT2D eigenvalue weighted by Crippen LogP contribution is -2.58. The van der Waals surface area contributed by atoms with E-state index in [1.54, 1.807) is 0 Å². The molecule has 7 rings (SSSR count). The summed E-state index contributed by atoms with van der Waals surface area (Å²) in [6, 6.07) is 2.69. The quantitative estimate of drug-likeness (QED) is 0.141. The molecule has 2 aromatic heterocycles. The Labute approximate surface area is 292 Å². The Balaban J connectivity index is 1.43. The maximum atomic E-state index is 14.3. The number of hydrogen-bond donors (Lipinski definition) is 6. The topological polar surface area (TPSA) is 235 Å². The van der Waals surface area contributed by atoms with Gasteiger partial charge in [0.15, 0.2) is 23.4 Å². The third-order valence-corrected chi connectivity index (χ3v) is 10.5. The Hall–Kier alpha value is -4.19. The highest BCUT2D eigenvalue weighted by atomic mass is 35.5. The van der Waals surface area contributed by atoms with Crippen LogP contribution in [0.5, 0.6) is 11.5 Å². The number of hydrogen-bond acceptors (Lipinski definition) is 14. The molecule has 4 aromatic rings. The van der Waals surface area contributed by atoms with E-state index in [0.29, 0.717) is 18.5 Å². The number of benzene rings is 2. The second-order valence-electron chi connectivity index (χ2n) is 13.0. The fraction of sp³-hybridized carbons (Fsp3) is 0.429. The summed E-state index contributed by atoms with van der Waals surface area (Å²) in [6.07, 6.45) is -11.7. The summed E-state index contributed by atoms with van der Waals surface area (Å²) in [5.41, 5.74) is -3.63. The van der Waals surface area contributed by atoms with Crippen molar-refractivity contribution in [2.24, 2.45) is 7.05 Å². The SMILES string of the molecule is CCCc1c(Cl)c2c(c(=O)n1C)C(=O)c1c(ccc3c(OC)c4oc5c(c(=O)c4c(O)c13)[C@@H](O)[C@@H](O[C@H]1O[C@H](C)[C@@H](O)[C@H](O)[C@@H]1O)C[C@@H]5O)C2=O. The van der Waals surface area contributed by atoms with Crippen LogP contribution in [0.4, 0.5) is 0 Å². The van der Waals surface area contributed by atoms with Crippen molar-refractivity contribution < 1.29 is 58.9 Å². The van der Waals surface area contributed by atoms with Crippen LogP contribution in [0.15, 0.2) is 26.1 Å². The van der Waals surface area contributed by atoms with Gasteiger partial charge in [-0.3, -0.25) is 19.2 Å². The first kappa shape index (κ1) is 35.2. The van der Waals surface area contributed by atoms with Crippen LogP contribution >= 0.6 is 11.6 Å². The molecule has 270 valence electrons. The number of aliphatic hydroxyl groups is 5. The van der Waals surface area contributed by atoms with Gasteiger partial charge in [0.25, 0.3) is 5.56 Å². The highest BCUT2D eigenvalue weighted by Gasteiger charge is 2.47. The smallest absolute Gasteiger partial charge is 0.262 e. The zero-order chi connectivity index (χ0) is 37.0. The first-order valence-electron chi connectivity index (χ1n) is 16.2. The van der Waals surface area contributed by atoms with Crippen LogP contribution in [0.3, 0.4) is 0 Å². The largest absolute Gasteiger partial charge is 0.506 e. The molecule has 16 heteroatoms. The van der Waals surface area contributed by atoms with Crippen molar-refractivity contribution >= 4 is 44.9 Å². The number of fused-ring (bicyclic) bond motifs is 6. The van der Waals surface area contributed by atoms with E-state index < -0.39 is 93.8 Å². The molecule has 1 aliphatic heterocycles. The van der Waals surface area contributed by atoms with E-state index in [-0.39, 0.29) is 56.0 Å².